The van der Waals surface area contributed by atoms with Gasteiger partial charge in [-0.05, 0) is 29.7 Å². The molecule has 33 heavy (non-hydrogen) atoms. The maximum Gasteiger partial charge on any atom is 0.311 e. The van der Waals surface area contributed by atoms with E-state index in [1.54, 1.807) is 12.1 Å². The van der Waals surface area contributed by atoms with Gasteiger partial charge in [0, 0.05) is 0 Å². The van der Waals surface area contributed by atoms with Crippen molar-refractivity contribution in [2.75, 3.05) is 6.61 Å². The second-order valence-corrected chi connectivity index (χ2v) is 8.62. The van der Waals surface area contributed by atoms with Crippen LogP contribution in [-0.2, 0) is 14.3 Å². The molecule has 4 nitrogen and oxygen atoms in total. The number of unbranched alkanes of at least 4 members (excludes halogenated alkanes) is 10. The molecule has 0 aromatic heterocycles. The summed E-state index contributed by atoms with van der Waals surface area (Å²) in [6, 6.07) is 17.4. The molecule has 2 aromatic carbocycles. The van der Waals surface area contributed by atoms with E-state index in [4.69, 9.17) is 9.47 Å². The van der Waals surface area contributed by atoms with Crippen molar-refractivity contribution in [2.45, 2.75) is 90.4 Å². The molecule has 2 rings (SSSR count). The topological polar surface area (TPSA) is 52.6 Å². The maximum absolute atomic E-state index is 12.0. The summed E-state index contributed by atoms with van der Waals surface area (Å²) in [5.41, 5.74) is 2.16. The third kappa shape index (κ3) is 12.3. The van der Waals surface area contributed by atoms with E-state index in [-0.39, 0.29) is 18.8 Å². The van der Waals surface area contributed by atoms with Gasteiger partial charge >= 0.3 is 11.9 Å². The molecule has 0 unspecified atom stereocenters. The highest BCUT2D eigenvalue weighted by atomic mass is 16.5. The molecule has 0 aliphatic heterocycles. The highest BCUT2D eigenvalue weighted by Gasteiger charge is 2.10. The number of carbonyl (C=O) groups is 2. The van der Waals surface area contributed by atoms with Crippen LogP contribution in [0.5, 0.6) is 5.75 Å². The molecule has 0 saturated carbocycles. The monoisotopic (exact) mass is 452 g/mol. The molecule has 0 radical (unpaired) electrons. The summed E-state index contributed by atoms with van der Waals surface area (Å²) in [6.45, 7) is 2.68. The van der Waals surface area contributed by atoms with E-state index in [0.717, 1.165) is 24.0 Å². The normalized spacial score (nSPS) is 10.7. The summed E-state index contributed by atoms with van der Waals surface area (Å²) in [5, 5.41) is 0. The lowest BCUT2D eigenvalue weighted by Crippen LogP contribution is -2.12. The van der Waals surface area contributed by atoms with Gasteiger partial charge in [0.15, 0.2) is 0 Å². The molecular formula is C29H40O4. The van der Waals surface area contributed by atoms with Crippen molar-refractivity contribution in [3.63, 3.8) is 0 Å². The third-order valence-corrected chi connectivity index (χ3v) is 5.74. The largest absolute Gasteiger partial charge is 0.466 e. The van der Waals surface area contributed by atoms with Crippen LogP contribution in [0.2, 0.25) is 0 Å². The Morgan fingerprint density at radius 2 is 1.12 bits per heavy atom. The van der Waals surface area contributed by atoms with E-state index in [2.05, 4.69) is 6.92 Å². The molecule has 4 heteroatoms. The number of esters is 2. The standard InChI is InChI=1S/C29H40O4/c1-2-3-4-5-6-7-8-9-10-11-15-24-32-28(30)22-23-29(31)33-27-20-18-26(19-21-27)25-16-13-12-14-17-25/h12-14,16-21H,2-11,15,22-24H2,1H3. The van der Waals surface area contributed by atoms with E-state index in [0.29, 0.717) is 12.4 Å². The van der Waals surface area contributed by atoms with Gasteiger partial charge in [0.2, 0.25) is 0 Å². The molecule has 2 aromatic rings. The first-order chi connectivity index (χ1) is 16.2. The number of carbonyl (C=O) groups excluding carboxylic acids is 2. The van der Waals surface area contributed by atoms with Crippen LogP contribution in [0.3, 0.4) is 0 Å². The Morgan fingerprint density at radius 3 is 1.73 bits per heavy atom. The van der Waals surface area contributed by atoms with Gasteiger partial charge in [-0.1, -0.05) is 114 Å². The van der Waals surface area contributed by atoms with E-state index < -0.39 is 5.97 Å². The van der Waals surface area contributed by atoms with Crippen LogP contribution in [0.1, 0.15) is 90.4 Å². The fourth-order valence-corrected chi connectivity index (χ4v) is 3.76. The predicted molar refractivity (Wildman–Crippen MR) is 134 cm³/mol. The van der Waals surface area contributed by atoms with Crippen molar-refractivity contribution < 1.29 is 19.1 Å². The molecule has 0 bridgehead atoms. The maximum atomic E-state index is 12.0. The molecule has 0 aliphatic rings. The van der Waals surface area contributed by atoms with Crippen LogP contribution in [0.25, 0.3) is 11.1 Å². The van der Waals surface area contributed by atoms with Crippen molar-refractivity contribution in [2.24, 2.45) is 0 Å². The van der Waals surface area contributed by atoms with Gasteiger partial charge in [-0.25, -0.2) is 0 Å². The first kappa shape index (κ1) is 26.6. The summed E-state index contributed by atoms with van der Waals surface area (Å²) in [6.07, 6.45) is 13.9. The molecule has 0 amide bonds. The first-order valence-electron chi connectivity index (χ1n) is 12.7. The van der Waals surface area contributed by atoms with Gasteiger partial charge in [0.1, 0.15) is 5.75 Å². The second kappa shape index (κ2) is 16.9. The van der Waals surface area contributed by atoms with E-state index >= 15 is 0 Å². The van der Waals surface area contributed by atoms with E-state index in [1.807, 2.05) is 42.5 Å². The van der Waals surface area contributed by atoms with Crippen molar-refractivity contribution in [3.05, 3.63) is 54.6 Å². The van der Waals surface area contributed by atoms with Crippen molar-refractivity contribution in [1.82, 2.24) is 0 Å². The molecule has 0 N–H and O–H groups in total. The van der Waals surface area contributed by atoms with Crippen LogP contribution >= 0.6 is 0 Å². The lowest BCUT2D eigenvalue weighted by atomic mass is 10.1. The zero-order chi connectivity index (χ0) is 23.6. The van der Waals surface area contributed by atoms with Crippen LogP contribution < -0.4 is 4.74 Å². The van der Waals surface area contributed by atoms with E-state index in [1.165, 1.54) is 57.8 Å². The van der Waals surface area contributed by atoms with Crippen LogP contribution in [0.4, 0.5) is 0 Å². The lowest BCUT2D eigenvalue weighted by molar-refractivity contribution is -0.147. The molecule has 0 aliphatic carbocycles. The average Bonchev–Trinajstić information content (AvgIpc) is 2.84. The summed E-state index contributed by atoms with van der Waals surface area (Å²) in [7, 11) is 0. The smallest absolute Gasteiger partial charge is 0.311 e. The minimum Gasteiger partial charge on any atom is -0.466 e. The summed E-state index contributed by atoms with van der Waals surface area (Å²) in [5.74, 6) is -0.276. The highest BCUT2D eigenvalue weighted by molar-refractivity contribution is 5.79. The highest BCUT2D eigenvalue weighted by Crippen LogP contribution is 2.22. The minimum absolute atomic E-state index is 0.0253. The SMILES string of the molecule is CCCCCCCCCCCCCOC(=O)CCC(=O)Oc1ccc(-c2ccccc2)cc1. The Hall–Kier alpha value is -2.62. The zero-order valence-electron chi connectivity index (χ0n) is 20.2. The molecule has 180 valence electrons. The number of hydrogen-bond donors (Lipinski definition) is 0. The number of rotatable bonds is 17. The Labute approximate surface area is 199 Å². The Morgan fingerprint density at radius 1 is 0.606 bits per heavy atom. The minimum atomic E-state index is -0.422. The average molecular weight is 453 g/mol. The summed E-state index contributed by atoms with van der Waals surface area (Å²) >= 11 is 0. The fraction of sp³-hybridized carbons (Fsp3) is 0.517. The zero-order valence-corrected chi connectivity index (χ0v) is 20.2. The van der Waals surface area contributed by atoms with Crippen LogP contribution in [-0.4, -0.2) is 18.5 Å². The Bertz CT molecular complexity index is 783. The molecular weight excluding hydrogens is 412 g/mol. The van der Waals surface area contributed by atoms with Crippen molar-refractivity contribution in [1.29, 1.82) is 0 Å². The van der Waals surface area contributed by atoms with E-state index in [9.17, 15) is 9.59 Å². The first-order valence-corrected chi connectivity index (χ1v) is 12.7. The van der Waals surface area contributed by atoms with Gasteiger partial charge in [-0.2, -0.15) is 0 Å². The second-order valence-electron chi connectivity index (χ2n) is 8.62. The Kier molecular flexibility index (Phi) is 13.7. The molecule has 0 spiro atoms. The number of hydrogen-bond acceptors (Lipinski definition) is 4. The quantitative estimate of drug-likeness (QED) is 0.139. The molecule has 0 saturated heterocycles. The van der Waals surface area contributed by atoms with Crippen molar-refractivity contribution in [3.8, 4) is 16.9 Å². The van der Waals surface area contributed by atoms with Gasteiger partial charge in [-0.3, -0.25) is 9.59 Å². The van der Waals surface area contributed by atoms with Gasteiger partial charge in [0.25, 0.3) is 0 Å². The summed E-state index contributed by atoms with van der Waals surface area (Å²) < 4.78 is 10.6. The van der Waals surface area contributed by atoms with Crippen molar-refractivity contribution >= 4 is 11.9 Å². The fourth-order valence-electron chi connectivity index (χ4n) is 3.76. The van der Waals surface area contributed by atoms with Gasteiger partial charge in [-0.15, -0.1) is 0 Å². The van der Waals surface area contributed by atoms with Gasteiger partial charge < -0.3 is 9.47 Å². The molecule has 0 heterocycles. The third-order valence-electron chi connectivity index (χ3n) is 5.74. The number of ether oxygens (including phenoxy) is 2. The number of benzene rings is 2. The lowest BCUT2D eigenvalue weighted by Gasteiger charge is -2.07. The van der Waals surface area contributed by atoms with Crippen LogP contribution in [0.15, 0.2) is 54.6 Å². The predicted octanol–water partition coefficient (Wildman–Crippen LogP) is 7.89. The van der Waals surface area contributed by atoms with Gasteiger partial charge in [0.05, 0.1) is 19.4 Å². The summed E-state index contributed by atoms with van der Waals surface area (Å²) in [4.78, 5) is 23.9. The molecule has 0 fully saturated rings. The molecule has 0 atom stereocenters. The van der Waals surface area contributed by atoms with Crippen LogP contribution in [0, 0.1) is 0 Å². The Balaban J connectivity index is 1.47.